The Bertz CT molecular complexity index is 285. The molecule has 0 aliphatic carbocycles. The molecule has 0 radical (unpaired) electrons. The molecule has 2 saturated heterocycles. The molecule has 102 valence electrons. The van der Waals surface area contributed by atoms with Gasteiger partial charge in [-0.2, -0.15) is 0 Å². The van der Waals surface area contributed by atoms with Crippen molar-refractivity contribution < 1.29 is 18.7 Å². The second kappa shape index (κ2) is 6.50. The van der Waals surface area contributed by atoms with Gasteiger partial charge in [0.05, 0.1) is 18.4 Å². The van der Waals surface area contributed by atoms with Crippen molar-refractivity contribution in [1.29, 1.82) is 0 Å². The van der Waals surface area contributed by atoms with Gasteiger partial charge in [-0.3, -0.25) is 4.57 Å². The smallest absolute Gasteiger partial charge is 0.332 e. The van der Waals surface area contributed by atoms with Crippen LogP contribution >= 0.6 is 20.0 Å². The van der Waals surface area contributed by atoms with Crippen LogP contribution in [0.5, 0.6) is 0 Å². The largest absolute Gasteiger partial charge is 0.378 e. The summed E-state index contributed by atoms with van der Waals surface area (Å²) < 4.78 is 22.7. The van der Waals surface area contributed by atoms with E-state index in [0.29, 0.717) is 6.54 Å². The monoisotopic (exact) mass is 285 g/mol. The lowest BCUT2D eigenvalue weighted by Crippen LogP contribution is -2.30. The Kier molecular flexibility index (Phi) is 5.90. The molecular formula is C10H21ClNO4P. The Hall–Kier alpha value is 0.360. The maximum atomic E-state index is 12.0. The highest BCUT2D eigenvalue weighted by Crippen LogP contribution is 2.52. The highest BCUT2D eigenvalue weighted by Gasteiger charge is 2.46. The van der Waals surface area contributed by atoms with Gasteiger partial charge in [-0.15, -0.1) is 12.4 Å². The fourth-order valence-corrected chi connectivity index (χ4v) is 4.35. The molecular weight excluding hydrogens is 265 g/mol. The lowest BCUT2D eigenvalue weighted by molar-refractivity contribution is 0.0677. The van der Waals surface area contributed by atoms with E-state index >= 15 is 0 Å². The summed E-state index contributed by atoms with van der Waals surface area (Å²) in [6, 6.07) is 0. The minimum atomic E-state index is -3.49. The molecule has 0 aromatic carbocycles. The quantitative estimate of drug-likeness (QED) is 0.764. The number of rotatable bonds is 4. The van der Waals surface area contributed by atoms with E-state index in [1.54, 1.807) is 6.92 Å². The Labute approximate surface area is 108 Å². The molecule has 0 aromatic rings. The van der Waals surface area contributed by atoms with Gasteiger partial charge in [0.15, 0.2) is 0 Å². The second-order valence-corrected chi connectivity index (χ2v) is 6.47. The van der Waals surface area contributed by atoms with Crippen molar-refractivity contribution in [3.05, 3.63) is 0 Å². The van der Waals surface area contributed by atoms with E-state index in [9.17, 15) is 9.46 Å². The van der Waals surface area contributed by atoms with E-state index in [1.165, 1.54) is 0 Å². The molecule has 0 amide bonds. The van der Waals surface area contributed by atoms with E-state index < -0.39 is 7.60 Å². The van der Waals surface area contributed by atoms with Crippen molar-refractivity contribution in [1.82, 2.24) is 5.32 Å². The Morgan fingerprint density at radius 2 is 2.29 bits per heavy atom. The maximum Gasteiger partial charge on any atom is 0.332 e. The first-order chi connectivity index (χ1) is 7.65. The van der Waals surface area contributed by atoms with Crippen molar-refractivity contribution >= 4 is 20.0 Å². The molecule has 0 saturated carbocycles. The molecule has 4 atom stereocenters. The van der Waals surface area contributed by atoms with Crippen molar-refractivity contribution in [3.63, 3.8) is 0 Å². The summed E-state index contributed by atoms with van der Waals surface area (Å²) in [5.74, 6) is 0.116. The van der Waals surface area contributed by atoms with Crippen LogP contribution < -0.4 is 5.32 Å². The van der Waals surface area contributed by atoms with Gasteiger partial charge in [0.25, 0.3) is 0 Å². The lowest BCUT2D eigenvalue weighted by Gasteiger charge is -2.26. The third-order valence-electron chi connectivity index (χ3n) is 3.40. The highest BCUT2D eigenvalue weighted by atomic mass is 35.5. The SMILES string of the molecule is CCOP(=O)(O)C1CNCC1C1CCCO1.Cl. The van der Waals surface area contributed by atoms with Crippen LogP contribution in [-0.4, -0.2) is 43.0 Å². The zero-order valence-corrected chi connectivity index (χ0v) is 11.7. The summed E-state index contributed by atoms with van der Waals surface area (Å²) >= 11 is 0. The van der Waals surface area contributed by atoms with Crippen molar-refractivity contribution in [2.24, 2.45) is 5.92 Å². The number of hydrogen-bond donors (Lipinski definition) is 2. The van der Waals surface area contributed by atoms with Gasteiger partial charge in [0, 0.05) is 25.6 Å². The molecule has 4 unspecified atom stereocenters. The van der Waals surface area contributed by atoms with E-state index in [1.807, 2.05) is 0 Å². The lowest BCUT2D eigenvalue weighted by atomic mass is 9.99. The molecule has 17 heavy (non-hydrogen) atoms. The van der Waals surface area contributed by atoms with Crippen LogP contribution in [0.3, 0.4) is 0 Å². The van der Waals surface area contributed by atoms with Gasteiger partial charge in [0.2, 0.25) is 0 Å². The van der Waals surface area contributed by atoms with Crippen LogP contribution in [0.1, 0.15) is 19.8 Å². The fraction of sp³-hybridized carbons (Fsp3) is 1.00. The van der Waals surface area contributed by atoms with Crippen molar-refractivity contribution in [2.45, 2.75) is 31.5 Å². The van der Waals surface area contributed by atoms with Crippen molar-refractivity contribution in [2.75, 3.05) is 26.3 Å². The van der Waals surface area contributed by atoms with Gasteiger partial charge in [-0.05, 0) is 19.8 Å². The van der Waals surface area contributed by atoms with Gasteiger partial charge in [-0.1, -0.05) is 0 Å². The molecule has 0 spiro atoms. The zero-order valence-electron chi connectivity index (χ0n) is 10.0. The number of nitrogens with one attached hydrogen (secondary N) is 1. The first-order valence-electron chi connectivity index (χ1n) is 5.94. The normalized spacial score (nSPS) is 36.5. The summed E-state index contributed by atoms with van der Waals surface area (Å²) in [6.07, 6.45) is 2.17. The van der Waals surface area contributed by atoms with Gasteiger partial charge in [-0.25, -0.2) is 0 Å². The summed E-state index contributed by atoms with van der Waals surface area (Å²) in [5.41, 5.74) is -0.310. The average Bonchev–Trinajstić information content (AvgIpc) is 2.88. The summed E-state index contributed by atoms with van der Waals surface area (Å²) in [5, 5.41) is 3.17. The van der Waals surface area contributed by atoms with E-state index in [-0.39, 0.29) is 36.7 Å². The van der Waals surface area contributed by atoms with E-state index in [4.69, 9.17) is 9.26 Å². The summed E-state index contributed by atoms with van der Waals surface area (Å²) in [6.45, 7) is 4.11. The molecule has 5 nitrogen and oxygen atoms in total. The van der Waals surface area contributed by atoms with Crippen LogP contribution in [0.2, 0.25) is 0 Å². The Balaban J connectivity index is 0.00000144. The highest BCUT2D eigenvalue weighted by molar-refractivity contribution is 7.53. The molecule has 0 bridgehead atoms. The van der Waals surface area contributed by atoms with Gasteiger partial charge < -0.3 is 19.5 Å². The average molecular weight is 286 g/mol. The van der Waals surface area contributed by atoms with Crippen LogP contribution in [0.15, 0.2) is 0 Å². The fourth-order valence-electron chi connectivity index (χ4n) is 2.64. The maximum absolute atomic E-state index is 12.0. The molecule has 0 aromatic heterocycles. The topological polar surface area (TPSA) is 67.8 Å². The third-order valence-corrected chi connectivity index (χ3v) is 5.44. The van der Waals surface area contributed by atoms with Crippen LogP contribution in [0.25, 0.3) is 0 Å². The predicted octanol–water partition coefficient (Wildman–Crippen LogP) is 1.40. The predicted molar refractivity (Wildman–Crippen MR) is 67.8 cm³/mol. The summed E-state index contributed by atoms with van der Waals surface area (Å²) in [4.78, 5) is 9.88. The molecule has 2 fully saturated rings. The minimum absolute atomic E-state index is 0. The van der Waals surface area contributed by atoms with Gasteiger partial charge in [0.1, 0.15) is 0 Å². The van der Waals surface area contributed by atoms with Crippen LogP contribution in [0.4, 0.5) is 0 Å². The Morgan fingerprint density at radius 3 is 2.88 bits per heavy atom. The second-order valence-electron chi connectivity index (χ2n) is 4.42. The molecule has 2 rings (SSSR count). The number of ether oxygens (including phenoxy) is 1. The molecule has 7 heteroatoms. The van der Waals surface area contributed by atoms with Gasteiger partial charge >= 0.3 is 7.60 Å². The third kappa shape index (κ3) is 3.43. The van der Waals surface area contributed by atoms with E-state index in [0.717, 1.165) is 26.0 Å². The number of hydrogen-bond acceptors (Lipinski definition) is 4. The standard InChI is InChI=1S/C10H20NO4P.ClH/c1-2-15-16(12,13)10-7-11-6-8(10)9-4-3-5-14-9;/h8-11H,2-7H2,1H3,(H,12,13);1H. The first-order valence-corrected chi connectivity index (χ1v) is 7.59. The summed E-state index contributed by atoms with van der Waals surface area (Å²) in [7, 11) is -3.49. The molecule has 2 N–H and O–H groups in total. The van der Waals surface area contributed by atoms with Crippen molar-refractivity contribution in [3.8, 4) is 0 Å². The minimum Gasteiger partial charge on any atom is -0.378 e. The molecule has 2 heterocycles. The molecule has 2 aliphatic heterocycles. The number of halogens is 1. The molecule has 2 aliphatic rings. The van der Waals surface area contributed by atoms with E-state index in [2.05, 4.69) is 5.32 Å². The van der Waals surface area contributed by atoms with Crippen LogP contribution in [-0.2, 0) is 13.8 Å². The Morgan fingerprint density at radius 1 is 1.53 bits per heavy atom. The first kappa shape index (κ1) is 15.4. The zero-order chi connectivity index (χ0) is 11.6. The van der Waals surface area contributed by atoms with Crippen LogP contribution in [0, 0.1) is 5.92 Å².